The Kier molecular flexibility index (Phi) is 6.58. The summed E-state index contributed by atoms with van der Waals surface area (Å²) in [4.78, 5) is 4.81. The molecule has 0 spiro atoms. The van der Waals surface area contributed by atoms with Crippen molar-refractivity contribution in [3.63, 3.8) is 0 Å². The van der Waals surface area contributed by atoms with E-state index in [-0.39, 0.29) is 12.1 Å². The summed E-state index contributed by atoms with van der Waals surface area (Å²) in [5.41, 5.74) is 0.545. The van der Waals surface area contributed by atoms with Gasteiger partial charge in [-0.1, -0.05) is 18.2 Å². The summed E-state index contributed by atoms with van der Waals surface area (Å²) < 4.78 is 26.0. The standard InChI is InChI=1S/C16H28N4O2S/c1-7-17-15(19-16(2,3)4)18-12-13-10-8-9-11-14(13)23(21,22)20(5)6/h8-11H,7,12H2,1-6H3,(H2,17,18,19). The molecular weight excluding hydrogens is 312 g/mol. The van der Waals surface area contributed by atoms with Crippen molar-refractivity contribution in [2.24, 2.45) is 4.99 Å². The van der Waals surface area contributed by atoms with E-state index in [2.05, 4.69) is 15.6 Å². The molecule has 6 nitrogen and oxygen atoms in total. The maximum Gasteiger partial charge on any atom is 0.242 e. The fourth-order valence-electron chi connectivity index (χ4n) is 1.91. The molecule has 0 fully saturated rings. The quantitative estimate of drug-likeness (QED) is 0.633. The lowest BCUT2D eigenvalue weighted by atomic mass is 10.1. The van der Waals surface area contributed by atoms with Crippen LogP contribution in [-0.2, 0) is 16.6 Å². The Morgan fingerprint density at radius 2 is 1.83 bits per heavy atom. The zero-order valence-electron chi connectivity index (χ0n) is 14.8. The Balaban J connectivity index is 3.11. The van der Waals surface area contributed by atoms with Crippen molar-refractivity contribution < 1.29 is 8.42 Å². The number of nitrogens with zero attached hydrogens (tertiary/aromatic N) is 2. The number of sulfonamides is 1. The first-order chi connectivity index (χ1) is 10.6. The minimum absolute atomic E-state index is 0.129. The average molecular weight is 340 g/mol. The molecular formula is C16H28N4O2S. The van der Waals surface area contributed by atoms with Crippen LogP contribution in [0.3, 0.4) is 0 Å². The summed E-state index contributed by atoms with van der Waals surface area (Å²) in [6.45, 7) is 9.15. The van der Waals surface area contributed by atoms with Crippen molar-refractivity contribution in [3.05, 3.63) is 29.8 Å². The molecule has 0 bridgehead atoms. The molecule has 0 aliphatic heterocycles. The Bertz CT molecular complexity index is 646. The highest BCUT2D eigenvalue weighted by Crippen LogP contribution is 2.19. The molecule has 1 rings (SSSR count). The largest absolute Gasteiger partial charge is 0.357 e. The van der Waals surface area contributed by atoms with Crippen LogP contribution in [0.4, 0.5) is 0 Å². The Morgan fingerprint density at radius 3 is 2.35 bits per heavy atom. The first-order valence-electron chi connectivity index (χ1n) is 7.65. The molecule has 23 heavy (non-hydrogen) atoms. The Hall–Kier alpha value is -1.60. The molecule has 0 saturated heterocycles. The van der Waals surface area contributed by atoms with Crippen LogP contribution in [0.15, 0.2) is 34.2 Å². The number of nitrogens with one attached hydrogen (secondary N) is 2. The highest BCUT2D eigenvalue weighted by atomic mass is 32.2. The second-order valence-electron chi connectivity index (χ2n) is 6.47. The monoisotopic (exact) mass is 340 g/mol. The van der Waals surface area contributed by atoms with Gasteiger partial charge in [0.2, 0.25) is 10.0 Å². The van der Waals surface area contributed by atoms with Crippen LogP contribution < -0.4 is 10.6 Å². The van der Waals surface area contributed by atoms with Crippen LogP contribution in [0, 0.1) is 0 Å². The van der Waals surface area contributed by atoms with E-state index in [1.54, 1.807) is 18.2 Å². The van der Waals surface area contributed by atoms with E-state index >= 15 is 0 Å². The number of guanidine groups is 1. The fraction of sp³-hybridized carbons (Fsp3) is 0.562. The number of aliphatic imine (C=N–C) groups is 1. The zero-order chi connectivity index (χ0) is 17.7. The van der Waals surface area contributed by atoms with Gasteiger partial charge >= 0.3 is 0 Å². The summed E-state index contributed by atoms with van der Waals surface area (Å²) in [5, 5.41) is 6.46. The summed E-state index contributed by atoms with van der Waals surface area (Å²) in [5.74, 6) is 0.664. The van der Waals surface area contributed by atoms with Crippen LogP contribution in [-0.4, -0.2) is 44.9 Å². The second kappa shape index (κ2) is 7.79. The topological polar surface area (TPSA) is 73.8 Å². The fourth-order valence-corrected chi connectivity index (χ4v) is 3.02. The minimum Gasteiger partial charge on any atom is -0.357 e. The molecule has 0 heterocycles. The maximum absolute atomic E-state index is 12.4. The van der Waals surface area contributed by atoms with E-state index in [1.807, 2.05) is 33.8 Å². The lowest BCUT2D eigenvalue weighted by molar-refractivity contribution is 0.501. The third-order valence-corrected chi connectivity index (χ3v) is 4.89. The molecule has 0 aliphatic carbocycles. The molecule has 0 radical (unpaired) electrons. The van der Waals surface area contributed by atoms with Crippen molar-refractivity contribution >= 4 is 16.0 Å². The van der Waals surface area contributed by atoms with Gasteiger partial charge in [-0.25, -0.2) is 17.7 Å². The van der Waals surface area contributed by atoms with Gasteiger partial charge in [-0.3, -0.25) is 0 Å². The van der Waals surface area contributed by atoms with Gasteiger partial charge < -0.3 is 10.6 Å². The lowest BCUT2D eigenvalue weighted by Crippen LogP contribution is -2.47. The van der Waals surface area contributed by atoms with Crippen molar-refractivity contribution in [2.75, 3.05) is 20.6 Å². The van der Waals surface area contributed by atoms with Crippen LogP contribution in [0.2, 0.25) is 0 Å². The van der Waals surface area contributed by atoms with Crippen molar-refractivity contribution in [1.82, 2.24) is 14.9 Å². The first kappa shape index (κ1) is 19.4. The third-order valence-electron chi connectivity index (χ3n) is 2.98. The van der Waals surface area contributed by atoms with Crippen LogP contribution in [0.25, 0.3) is 0 Å². The van der Waals surface area contributed by atoms with Gasteiger partial charge in [0.1, 0.15) is 0 Å². The minimum atomic E-state index is -3.48. The maximum atomic E-state index is 12.4. The molecule has 1 aromatic rings. The van der Waals surface area contributed by atoms with Crippen molar-refractivity contribution in [3.8, 4) is 0 Å². The zero-order valence-corrected chi connectivity index (χ0v) is 15.7. The van der Waals surface area contributed by atoms with Gasteiger partial charge in [0.25, 0.3) is 0 Å². The molecule has 1 aromatic carbocycles. The second-order valence-corrected chi connectivity index (χ2v) is 8.59. The molecule has 0 amide bonds. The molecule has 7 heteroatoms. The van der Waals surface area contributed by atoms with E-state index in [0.29, 0.717) is 16.4 Å². The first-order valence-corrected chi connectivity index (χ1v) is 9.09. The van der Waals surface area contributed by atoms with Crippen LogP contribution >= 0.6 is 0 Å². The Morgan fingerprint density at radius 1 is 1.22 bits per heavy atom. The van der Waals surface area contributed by atoms with E-state index < -0.39 is 10.0 Å². The predicted molar refractivity (Wildman–Crippen MR) is 95.0 cm³/mol. The smallest absolute Gasteiger partial charge is 0.242 e. The highest BCUT2D eigenvalue weighted by Gasteiger charge is 2.20. The molecule has 0 unspecified atom stereocenters. The molecule has 130 valence electrons. The third kappa shape index (κ3) is 5.84. The number of hydrogen-bond acceptors (Lipinski definition) is 3. The molecule has 0 saturated carbocycles. The molecule has 0 atom stereocenters. The Labute approximate surface area is 140 Å². The van der Waals surface area contributed by atoms with Gasteiger partial charge in [0.05, 0.1) is 11.4 Å². The van der Waals surface area contributed by atoms with Gasteiger partial charge in [0, 0.05) is 26.2 Å². The van der Waals surface area contributed by atoms with Gasteiger partial charge in [-0.15, -0.1) is 0 Å². The lowest BCUT2D eigenvalue weighted by Gasteiger charge is -2.24. The van der Waals surface area contributed by atoms with Gasteiger partial charge in [-0.2, -0.15) is 0 Å². The van der Waals surface area contributed by atoms with E-state index in [4.69, 9.17) is 0 Å². The highest BCUT2D eigenvalue weighted by molar-refractivity contribution is 7.89. The summed E-state index contributed by atoms with van der Waals surface area (Å²) in [7, 11) is -0.423. The number of benzene rings is 1. The van der Waals surface area contributed by atoms with E-state index in [9.17, 15) is 8.42 Å². The van der Waals surface area contributed by atoms with Crippen molar-refractivity contribution in [2.45, 2.75) is 44.7 Å². The number of rotatable bonds is 5. The molecule has 2 N–H and O–H groups in total. The van der Waals surface area contributed by atoms with E-state index in [1.165, 1.54) is 18.4 Å². The van der Waals surface area contributed by atoms with Gasteiger partial charge in [0.15, 0.2) is 5.96 Å². The summed E-state index contributed by atoms with van der Waals surface area (Å²) >= 11 is 0. The predicted octanol–water partition coefficient (Wildman–Crippen LogP) is 1.79. The van der Waals surface area contributed by atoms with E-state index in [0.717, 1.165) is 6.54 Å². The van der Waals surface area contributed by atoms with Gasteiger partial charge in [-0.05, 0) is 39.3 Å². The molecule has 0 aromatic heterocycles. The van der Waals surface area contributed by atoms with Crippen LogP contribution in [0.5, 0.6) is 0 Å². The molecule has 0 aliphatic rings. The van der Waals surface area contributed by atoms with Crippen molar-refractivity contribution in [1.29, 1.82) is 0 Å². The summed E-state index contributed by atoms with van der Waals surface area (Å²) in [6.07, 6.45) is 0. The SMILES string of the molecule is CCNC(=NCc1ccccc1S(=O)(=O)N(C)C)NC(C)(C)C. The number of hydrogen-bond donors (Lipinski definition) is 2. The normalized spacial score (nSPS) is 13.3. The van der Waals surface area contributed by atoms with Crippen LogP contribution in [0.1, 0.15) is 33.3 Å². The summed E-state index contributed by atoms with van der Waals surface area (Å²) in [6, 6.07) is 6.96. The average Bonchev–Trinajstić information content (AvgIpc) is 2.43.